The molecule has 3 atom stereocenters. The van der Waals surface area contributed by atoms with E-state index in [4.69, 9.17) is 0 Å². The fourth-order valence-electron chi connectivity index (χ4n) is 3.28. The zero-order chi connectivity index (χ0) is 15.9. The smallest absolute Gasteiger partial charge is 0.326 e. The van der Waals surface area contributed by atoms with E-state index in [9.17, 15) is 23.5 Å². The first-order chi connectivity index (χ1) is 10.5. The van der Waals surface area contributed by atoms with Crippen molar-refractivity contribution >= 4 is 11.9 Å². The van der Waals surface area contributed by atoms with Crippen LogP contribution in [0.1, 0.15) is 37.2 Å². The van der Waals surface area contributed by atoms with Crippen molar-refractivity contribution in [2.45, 2.75) is 37.6 Å². The lowest BCUT2D eigenvalue weighted by Crippen LogP contribution is -2.48. The zero-order valence-electron chi connectivity index (χ0n) is 12.0. The number of likely N-dealkylation sites (tertiary alicyclic amines) is 1. The molecule has 1 heterocycles. The van der Waals surface area contributed by atoms with Gasteiger partial charge in [-0.15, -0.1) is 0 Å². The van der Waals surface area contributed by atoms with Crippen LogP contribution in [0.25, 0.3) is 0 Å². The Morgan fingerprint density at radius 3 is 2.68 bits per heavy atom. The highest BCUT2D eigenvalue weighted by molar-refractivity contribution is 5.87. The summed E-state index contributed by atoms with van der Waals surface area (Å²) in [6.07, 6.45) is 2.53. The third-order valence-corrected chi connectivity index (χ3v) is 4.54. The van der Waals surface area contributed by atoms with Crippen molar-refractivity contribution in [1.29, 1.82) is 0 Å². The predicted octanol–water partition coefficient (Wildman–Crippen LogP) is 2.53. The Labute approximate surface area is 126 Å². The first-order valence-corrected chi connectivity index (χ1v) is 7.47. The van der Waals surface area contributed by atoms with E-state index in [1.165, 1.54) is 17.0 Å². The minimum atomic E-state index is -0.988. The van der Waals surface area contributed by atoms with E-state index in [-0.39, 0.29) is 17.7 Å². The highest BCUT2D eigenvalue weighted by Crippen LogP contribution is 2.49. The number of carboxylic acids is 1. The lowest BCUT2D eigenvalue weighted by atomic mass is 10.0. The summed E-state index contributed by atoms with van der Waals surface area (Å²) >= 11 is 0. The molecular weight excluding hydrogens is 292 g/mol. The number of rotatable bonds is 3. The van der Waals surface area contributed by atoms with Crippen molar-refractivity contribution in [1.82, 2.24) is 4.90 Å². The van der Waals surface area contributed by atoms with Crippen LogP contribution in [0.3, 0.4) is 0 Å². The second-order valence-electron chi connectivity index (χ2n) is 6.00. The van der Waals surface area contributed by atoms with Crippen LogP contribution in [0.4, 0.5) is 8.78 Å². The van der Waals surface area contributed by atoms with Gasteiger partial charge in [0.2, 0.25) is 5.91 Å². The van der Waals surface area contributed by atoms with Gasteiger partial charge >= 0.3 is 5.97 Å². The van der Waals surface area contributed by atoms with Gasteiger partial charge in [-0.3, -0.25) is 4.79 Å². The molecule has 1 N–H and O–H groups in total. The van der Waals surface area contributed by atoms with Gasteiger partial charge in [0, 0.05) is 18.5 Å². The van der Waals surface area contributed by atoms with Crippen LogP contribution in [0.5, 0.6) is 0 Å². The second-order valence-corrected chi connectivity index (χ2v) is 6.00. The highest BCUT2D eigenvalue weighted by atomic mass is 19.1. The average molecular weight is 309 g/mol. The van der Waals surface area contributed by atoms with E-state index in [0.717, 1.165) is 18.9 Å². The van der Waals surface area contributed by atoms with Gasteiger partial charge in [-0.1, -0.05) is 6.07 Å². The van der Waals surface area contributed by atoms with Crippen molar-refractivity contribution < 1.29 is 23.5 Å². The first-order valence-electron chi connectivity index (χ1n) is 7.47. The Balaban J connectivity index is 1.73. The van der Waals surface area contributed by atoms with E-state index in [1.807, 2.05) is 0 Å². The molecule has 1 amide bonds. The topological polar surface area (TPSA) is 57.6 Å². The number of benzene rings is 1. The van der Waals surface area contributed by atoms with Gasteiger partial charge < -0.3 is 10.0 Å². The molecule has 3 rings (SSSR count). The van der Waals surface area contributed by atoms with Crippen LogP contribution in [0.15, 0.2) is 18.2 Å². The summed E-state index contributed by atoms with van der Waals surface area (Å²) < 4.78 is 26.7. The SMILES string of the molecule is O=C(O)[C@H]1CCCCN1C(=O)C1CC1c1ccc(F)cc1F. The molecule has 1 aromatic rings. The van der Waals surface area contributed by atoms with Gasteiger partial charge in [0.1, 0.15) is 17.7 Å². The van der Waals surface area contributed by atoms with Crippen LogP contribution in [0.2, 0.25) is 0 Å². The summed E-state index contributed by atoms with van der Waals surface area (Å²) in [5, 5.41) is 9.22. The largest absolute Gasteiger partial charge is 0.480 e. The second kappa shape index (κ2) is 5.66. The molecule has 22 heavy (non-hydrogen) atoms. The molecule has 0 spiro atoms. The molecular formula is C16H17F2NO3. The van der Waals surface area contributed by atoms with Crippen molar-refractivity contribution in [3.8, 4) is 0 Å². The molecule has 2 fully saturated rings. The number of halogens is 2. The summed E-state index contributed by atoms with van der Waals surface area (Å²) in [6, 6.07) is 2.59. The maximum absolute atomic E-state index is 13.8. The van der Waals surface area contributed by atoms with E-state index in [1.54, 1.807) is 0 Å². The quantitative estimate of drug-likeness (QED) is 0.933. The Kier molecular flexibility index (Phi) is 3.85. The summed E-state index contributed by atoms with van der Waals surface area (Å²) in [4.78, 5) is 25.2. The van der Waals surface area contributed by atoms with Crippen LogP contribution < -0.4 is 0 Å². The van der Waals surface area contributed by atoms with Gasteiger partial charge in [-0.05, 0) is 43.2 Å². The minimum Gasteiger partial charge on any atom is -0.480 e. The van der Waals surface area contributed by atoms with Crippen molar-refractivity contribution in [2.24, 2.45) is 5.92 Å². The van der Waals surface area contributed by atoms with Gasteiger partial charge in [0.15, 0.2) is 0 Å². The van der Waals surface area contributed by atoms with E-state index >= 15 is 0 Å². The Morgan fingerprint density at radius 1 is 1.23 bits per heavy atom. The summed E-state index contributed by atoms with van der Waals surface area (Å²) in [5.41, 5.74) is 0.337. The standard InChI is InChI=1S/C16H17F2NO3/c17-9-4-5-10(13(18)7-9)11-8-12(11)15(20)19-6-2-1-3-14(19)16(21)22/h4-5,7,11-12,14H,1-3,6,8H2,(H,21,22)/t11?,12?,14-/m1/s1. The van der Waals surface area contributed by atoms with Crippen LogP contribution in [0, 0.1) is 17.6 Å². The minimum absolute atomic E-state index is 0.221. The number of hydrogen-bond donors (Lipinski definition) is 1. The molecule has 4 nitrogen and oxygen atoms in total. The molecule has 1 aliphatic carbocycles. The van der Waals surface area contributed by atoms with Gasteiger partial charge in [-0.2, -0.15) is 0 Å². The molecule has 6 heteroatoms. The summed E-state index contributed by atoms with van der Waals surface area (Å²) in [7, 11) is 0. The molecule has 1 aliphatic heterocycles. The molecule has 0 bridgehead atoms. The van der Waals surface area contributed by atoms with E-state index in [2.05, 4.69) is 0 Å². The number of carboxylic acid groups (broad SMARTS) is 1. The van der Waals surface area contributed by atoms with E-state index < -0.39 is 23.6 Å². The molecule has 1 saturated heterocycles. The fraction of sp³-hybridized carbons (Fsp3) is 0.500. The third kappa shape index (κ3) is 2.69. The van der Waals surface area contributed by atoms with Crippen LogP contribution >= 0.6 is 0 Å². The summed E-state index contributed by atoms with van der Waals surface area (Å²) in [5.74, 6) is -3.16. The lowest BCUT2D eigenvalue weighted by Gasteiger charge is -2.33. The zero-order valence-corrected chi connectivity index (χ0v) is 12.0. The maximum Gasteiger partial charge on any atom is 0.326 e. The maximum atomic E-state index is 13.8. The number of hydrogen-bond acceptors (Lipinski definition) is 2. The molecule has 0 aromatic heterocycles. The highest BCUT2D eigenvalue weighted by Gasteiger charge is 2.49. The molecule has 2 unspecified atom stereocenters. The Hall–Kier alpha value is -1.98. The molecule has 0 radical (unpaired) electrons. The summed E-state index contributed by atoms with van der Waals surface area (Å²) in [6.45, 7) is 0.435. The molecule has 2 aliphatic rings. The Morgan fingerprint density at radius 2 is 2.00 bits per heavy atom. The first kappa shape index (κ1) is 14.9. The van der Waals surface area contributed by atoms with Crippen molar-refractivity contribution in [3.05, 3.63) is 35.4 Å². The predicted molar refractivity (Wildman–Crippen MR) is 74.2 cm³/mol. The van der Waals surface area contributed by atoms with Gasteiger partial charge in [0.05, 0.1) is 0 Å². The monoisotopic (exact) mass is 309 g/mol. The lowest BCUT2D eigenvalue weighted by molar-refractivity contribution is -0.152. The van der Waals surface area contributed by atoms with Crippen LogP contribution in [-0.2, 0) is 9.59 Å². The number of piperidine rings is 1. The number of carbonyl (C=O) groups excluding carboxylic acids is 1. The normalized spacial score (nSPS) is 27.5. The average Bonchev–Trinajstić information content (AvgIpc) is 3.26. The van der Waals surface area contributed by atoms with Crippen molar-refractivity contribution in [3.63, 3.8) is 0 Å². The van der Waals surface area contributed by atoms with Crippen molar-refractivity contribution in [2.75, 3.05) is 6.54 Å². The number of nitrogens with zero attached hydrogens (tertiary/aromatic N) is 1. The van der Waals surface area contributed by atoms with E-state index in [0.29, 0.717) is 24.9 Å². The number of aliphatic carboxylic acids is 1. The number of carbonyl (C=O) groups is 2. The fourth-order valence-corrected chi connectivity index (χ4v) is 3.28. The number of amides is 1. The van der Waals surface area contributed by atoms with Gasteiger partial charge in [-0.25, -0.2) is 13.6 Å². The third-order valence-electron chi connectivity index (χ3n) is 4.54. The molecule has 1 saturated carbocycles. The molecule has 1 aromatic carbocycles. The Bertz CT molecular complexity index is 619. The van der Waals surface area contributed by atoms with Gasteiger partial charge in [0.25, 0.3) is 0 Å². The molecule has 118 valence electrons. The van der Waals surface area contributed by atoms with Crippen LogP contribution in [-0.4, -0.2) is 34.5 Å².